The van der Waals surface area contributed by atoms with Gasteiger partial charge < -0.3 is 10.5 Å². The monoisotopic (exact) mass is 272 g/mol. The second-order valence-electron chi connectivity index (χ2n) is 3.81. The minimum absolute atomic E-state index is 0.0285. The van der Waals surface area contributed by atoms with Crippen molar-refractivity contribution in [3.05, 3.63) is 35.8 Å². The van der Waals surface area contributed by atoms with Gasteiger partial charge in [0.05, 0.1) is 12.4 Å². The number of alkyl halides is 3. The highest BCUT2D eigenvalue weighted by Crippen LogP contribution is 2.31. The minimum Gasteiger partial charge on any atom is -0.435 e. The molecule has 0 unspecified atom stereocenters. The van der Waals surface area contributed by atoms with E-state index in [0.717, 1.165) is 6.07 Å². The molecule has 5 nitrogen and oxygen atoms in total. The Balaban J connectivity index is 2.36. The Morgan fingerprint density at radius 1 is 1.37 bits per heavy atom. The fourth-order valence-electron chi connectivity index (χ4n) is 1.43. The van der Waals surface area contributed by atoms with Gasteiger partial charge in [0.15, 0.2) is 5.75 Å². The lowest BCUT2D eigenvalue weighted by Crippen LogP contribution is -2.10. The van der Waals surface area contributed by atoms with Crippen LogP contribution >= 0.6 is 0 Å². The Morgan fingerprint density at radius 2 is 2.11 bits per heavy atom. The molecular formula is C11H11F3N4O. The average Bonchev–Trinajstić information content (AvgIpc) is 2.73. The summed E-state index contributed by atoms with van der Waals surface area (Å²) in [6.45, 7) is 0.0285. The van der Waals surface area contributed by atoms with Crippen molar-refractivity contribution in [2.24, 2.45) is 12.8 Å². The van der Waals surface area contributed by atoms with Gasteiger partial charge in [-0.2, -0.15) is 18.3 Å². The molecule has 2 aromatic rings. The molecule has 2 heterocycles. The average molecular weight is 272 g/mol. The van der Waals surface area contributed by atoms with E-state index >= 15 is 0 Å². The van der Waals surface area contributed by atoms with Gasteiger partial charge in [-0.05, 0) is 6.07 Å². The highest BCUT2D eigenvalue weighted by atomic mass is 19.4. The van der Waals surface area contributed by atoms with E-state index in [1.165, 1.54) is 23.1 Å². The zero-order valence-electron chi connectivity index (χ0n) is 9.98. The number of hydrogen-bond acceptors (Lipinski definition) is 4. The summed E-state index contributed by atoms with van der Waals surface area (Å²) < 4.78 is 44.5. The van der Waals surface area contributed by atoms with Crippen molar-refractivity contribution in [3.63, 3.8) is 0 Å². The number of pyridine rings is 1. The number of aryl methyl sites for hydroxylation is 1. The minimum atomic E-state index is -4.53. The fourth-order valence-corrected chi connectivity index (χ4v) is 1.43. The van der Waals surface area contributed by atoms with Crippen LogP contribution in [-0.4, -0.2) is 14.8 Å². The summed E-state index contributed by atoms with van der Waals surface area (Å²) in [5, 5.41) is 3.85. The van der Waals surface area contributed by atoms with Crippen molar-refractivity contribution < 1.29 is 17.9 Å². The molecule has 2 N–H and O–H groups in total. The van der Waals surface area contributed by atoms with Crippen molar-refractivity contribution in [2.45, 2.75) is 12.7 Å². The highest BCUT2D eigenvalue weighted by molar-refractivity contribution is 5.32. The van der Waals surface area contributed by atoms with Crippen LogP contribution in [0.15, 0.2) is 24.5 Å². The van der Waals surface area contributed by atoms with Crippen molar-refractivity contribution in [3.8, 4) is 11.6 Å². The van der Waals surface area contributed by atoms with Crippen LogP contribution in [0.4, 0.5) is 13.2 Å². The summed E-state index contributed by atoms with van der Waals surface area (Å²) in [5.74, 6) is 0.134. The molecule has 102 valence electrons. The number of rotatable bonds is 3. The molecule has 0 radical (unpaired) electrons. The Bertz CT molecular complexity index is 580. The lowest BCUT2D eigenvalue weighted by Gasteiger charge is -2.11. The standard InChI is InChI=1S/C11H11F3N4O/c1-18-6-8(5-16-18)19-10-7(4-15)2-3-9(17-10)11(12,13)14/h2-3,5-6H,4,15H2,1H3. The Morgan fingerprint density at radius 3 is 2.63 bits per heavy atom. The molecule has 0 aliphatic carbocycles. The molecule has 0 atom stereocenters. The fraction of sp³-hybridized carbons (Fsp3) is 0.273. The lowest BCUT2D eigenvalue weighted by atomic mass is 10.2. The lowest BCUT2D eigenvalue weighted by molar-refractivity contribution is -0.141. The number of nitrogens with zero attached hydrogens (tertiary/aromatic N) is 3. The largest absolute Gasteiger partial charge is 0.435 e. The normalized spacial score (nSPS) is 11.6. The first-order valence-corrected chi connectivity index (χ1v) is 5.34. The van der Waals surface area contributed by atoms with Gasteiger partial charge in [0.2, 0.25) is 5.88 Å². The van der Waals surface area contributed by atoms with Gasteiger partial charge in [-0.15, -0.1) is 0 Å². The Kier molecular flexibility index (Phi) is 3.43. The van der Waals surface area contributed by atoms with Crippen molar-refractivity contribution in [1.82, 2.24) is 14.8 Å². The van der Waals surface area contributed by atoms with Gasteiger partial charge in [0.1, 0.15) is 5.69 Å². The number of ether oxygens (including phenoxy) is 1. The molecule has 2 aromatic heterocycles. The number of halogens is 3. The van der Waals surface area contributed by atoms with E-state index in [1.54, 1.807) is 7.05 Å². The maximum atomic E-state index is 12.6. The molecule has 0 aliphatic heterocycles. The molecule has 2 rings (SSSR count). The summed E-state index contributed by atoms with van der Waals surface area (Å²) in [6, 6.07) is 2.12. The van der Waals surface area contributed by atoms with E-state index in [1.807, 2.05) is 0 Å². The third kappa shape index (κ3) is 3.02. The zero-order chi connectivity index (χ0) is 14.0. The van der Waals surface area contributed by atoms with Gasteiger partial charge in [0.25, 0.3) is 0 Å². The van der Waals surface area contributed by atoms with Crippen molar-refractivity contribution in [1.29, 1.82) is 0 Å². The molecule has 0 aromatic carbocycles. The summed E-state index contributed by atoms with van der Waals surface area (Å²) >= 11 is 0. The van der Waals surface area contributed by atoms with Crippen LogP contribution in [0.25, 0.3) is 0 Å². The topological polar surface area (TPSA) is 66.0 Å². The summed E-state index contributed by atoms with van der Waals surface area (Å²) in [7, 11) is 1.66. The van der Waals surface area contributed by atoms with Gasteiger partial charge in [-0.3, -0.25) is 4.68 Å². The van der Waals surface area contributed by atoms with Crippen LogP contribution in [0.2, 0.25) is 0 Å². The summed E-state index contributed by atoms with van der Waals surface area (Å²) in [5.41, 5.74) is 4.81. The Labute approximate surface area is 106 Å². The second kappa shape index (κ2) is 4.88. The maximum absolute atomic E-state index is 12.6. The van der Waals surface area contributed by atoms with E-state index in [4.69, 9.17) is 10.5 Å². The van der Waals surface area contributed by atoms with E-state index in [-0.39, 0.29) is 12.4 Å². The smallest absolute Gasteiger partial charge is 0.433 e. The van der Waals surface area contributed by atoms with E-state index < -0.39 is 11.9 Å². The summed E-state index contributed by atoms with van der Waals surface area (Å²) in [4.78, 5) is 3.46. The number of hydrogen-bond donors (Lipinski definition) is 1. The number of aromatic nitrogens is 3. The van der Waals surface area contributed by atoms with E-state index in [0.29, 0.717) is 11.3 Å². The highest BCUT2D eigenvalue weighted by Gasteiger charge is 2.33. The molecule has 0 amide bonds. The second-order valence-corrected chi connectivity index (χ2v) is 3.81. The quantitative estimate of drug-likeness (QED) is 0.929. The van der Waals surface area contributed by atoms with Crippen LogP contribution in [0.5, 0.6) is 11.6 Å². The number of nitrogens with two attached hydrogens (primary N) is 1. The van der Waals surface area contributed by atoms with Gasteiger partial charge in [-0.1, -0.05) is 6.07 Å². The van der Waals surface area contributed by atoms with Crippen LogP contribution in [0.1, 0.15) is 11.3 Å². The van der Waals surface area contributed by atoms with Gasteiger partial charge in [0, 0.05) is 19.2 Å². The van der Waals surface area contributed by atoms with Crippen LogP contribution < -0.4 is 10.5 Å². The molecular weight excluding hydrogens is 261 g/mol. The predicted molar refractivity (Wildman–Crippen MR) is 60.4 cm³/mol. The van der Waals surface area contributed by atoms with E-state index in [9.17, 15) is 13.2 Å². The van der Waals surface area contributed by atoms with Crippen LogP contribution in [0.3, 0.4) is 0 Å². The summed E-state index contributed by atoms with van der Waals surface area (Å²) in [6.07, 6.45) is -1.63. The SMILES string of the molecule is Cn1cc(Oc2nc(C(F)(F)F)ccc2CN)cn1. The van der Waals surface area contributed by atoms with E-state index in [2.05, 4.69) is 10.1 Å². The molecule has 19 heavy (non-hydrogen) atoms. The van der Waals surface area contributed by atoms with Crippen molar-refractivity contribution in [2.75, 3.05) is 0 Å². The Hall–Kier alpha value is -2.09. The van der Waals surface area contributed by atoms with Crippen molar-refractivity contribution >= 4 is 0 Å². The first-order valence-electron chi connectivity index (χ1n) is 5.34. The predicted octanol–water partition coefficient (Wildman–Crippen LogP) is 2.08. The maximum Gasteiger partial charge on any atom is 0.433 e. The van der Waals surface area contributed by atoms with Gasteiger partial charge in [-0.25, -0.2) is 4.98 Å². The molecule has 0 saturated carbocycles. The zero-order valence-corrected chi connectivity index (χ0v) is 9.98. The third-order valence-corrected chi connectivity index (χ3v) is 2.35. The van der Waals surface area contributed by atoms with Gasteiger partial charge >= 0.3 is 6.18 Å². The van der Waals surface area contributed by atoms with Crippen LogP contribution in [-0.2, 0) is 19.8 Å². The first kappa shape index (κ1) is 13.3. The van der Waals surface area contributed by atoms with Crippen LogP contribution in [0, 0.1) is 0 Å². The third-order valence-electron chi connectivity index (χ3n) is 2.35. The molecule has 8 heteroatoms. The molecule has 0 aliphatic rings. The molecule has 0 spiro atoms. The molecule has 0 saturated heterocycles. The molecule has 0 fully saturated rings. The first-order chi connectivity index (χ1) is 8.90. The molecule has 0 bridgehead atoms.